The Morgan fingerprint density at radius 1 is 1.54 bits per heavy atom. The molecule has 1 radical (unpaired) electrons. The molecule has 1 aliphatic rings. The number of nitrogens with one attached hydrogen (secondary N) is 1. The largest absolute Gasteiger partial charge is 0.370 e. The highest BCUT2D eigenvalue weighted by Crippen LogP contribution is 2.20. The van der Waals surface area contributed by atoms with Crippen molar-refractivity contribution in [3.8, 4) is 0 Å². The smallest absolute Gasteiger partial charge is 0.198 e. The molecule has 1 saturated heterocycles. The number of hydrogen-bond acceptors (Lipinski definition) is 2. The highest BCUT2D eigenvalue weighted by Gasteiger charge is 2.19. The SMILES string of the molecule is N=C(N)N1CCC(CC[C]=O)CC1. The van der Waals surface area contributed by atoms with Gasteiger partial charge < -0.3 is 10.6 Å². The van der Waals surface area contributed by atoms with Crippen molar-refractivity contribution in [3.05, 3.63) is 0 Å². The first kappa shape index (κ1) is 10.0. The minimum Gasteiger partial charge on any atom is -0.370 e. The molecular formula is C9H16N3O. The van der Waals surface area contributed by atoms with E-state index < -0.39 is 0 Å². The van der Waals surface area contributed by atoms with Crippen LogP contribution in [0.25, 0.3) is 0 Å². The Labute approximate surface area is 78.6 Å². The summed E-state index contributed by atoms with van der Waals surface area (Å²) in [7, 11) is 0. The third-order valence-electron chi connectivity index (χ3n) is 2.61. The van der Waals surface area contributed by atoms with Gasteiger partial charge in [-0.1, -0.05) is 0 Å². The Morgan fingerprint density at radius 3 is 2.62 bits per heavy atom. The van der Waals surface area contributed by atoms with E-state index in [0.717, 1.165) is 32.4 Å². The van der Waals surface area contributed by atoms with E-state index in [1.54, 1.807) is 0 Å². The van der Waals surface area contributed by atoms with Crippen LogP contribution in [0.3, 0.4) is 0 Å². The number of guanidine groups is 1. The van der Waals surface area contributed by atoms with Crippen LogP contribution in [0.4, 0.5) is 0 Å². The topological polar surface area (TPSA) is 70.2 Å². The van der Waals surface area contributed by atoms with Crippen molar-refractivity contribution in [2.24, 2.45) is 11.7 Å². The number of hydrogen-bond donors (Lipinski definition) is 2. The van der Waals surface area contributed by atoms with E-state index in [2.05, 4.69) is 0 Å². The normalized spacial score (nSPS) is 18.6. The van der Waals surface area contributed by atoms with Crippen molar-refractivity contribution >= 4 is 12.2 Å². The highest BCUT2D eigenvalue weighted by molar-refractivity contribution is 5.74. The molecule has 0 spiro atoms. The number of carbonyl (C=O) groups excluding carboxylic acids is 1. The molecular weight excluding hydrogens is 166 g/mol. The van der Waals surface area contributed by atoms with Crippen LogP contribution >= 0.6 is 0 Å². The molecule has 13 heavy (non-hydrogen) atoms. The fourth-order valence-electron chi connectivity index (χ4n) is 1.73. The van der Waals surface area contributed by atoms with Crippen LogP contribution in [0.5, 0.6) is 0 Å². The number of likely N-dealkylation sites (tertiary alicyclic amines) is 1. The predicted octanol–water partition coefficient (Wildman–Crippen LogP) is 0.482. The minimum absolute atomic E-state index is 0.167. The van der Waals surface area contributed by atoms with Crippen molar-refractivity contribution in [2.75, 3.05) is 13.1 Å². The van der Waals surface area contributed by atoms with Gasteiger partial charge in [-0.3, -0.25) is 10.2 Å². The molecule has 0 bridgehead atoms. The average Bonchev–Trinajstić information content (AvgIpc) is 2.15. The van der Waals surface area contributed by atoms with Gasteiger partial charge in [0.2, 0.25) is 0 Å². The third kappa shape index (κ3) is 3.05. The monoisotopic (exact) mass is 182 g/mol. The number of rotatable bonds is 3. The van der Waals surface area contributed by atoms with Crippen molar-refractivity contribution in [2.45, 2.75) is 25.7 Å². The van der Waals surface area contributed by atoms with E-state index in [-0.39, 0.29) is 5.96 Å². The van der Waals surface area contributed by atoms with Crippen molar-refractivity contribution in [3.63, 3.8) is 0 Å². The molecule has 3 N–H and O–H groups in total. The Morgan fingerprint density at radius 2 is 2.15 bits per heavy atom. The minimum atomic E-state index is 0.167. The second-order valence-corrected chi connectivity index (χ2v) is 3.50. The van der Waals surface area contributed by atoms with Gasteiger partial charge in [0.15, 0.2) is 12.2 Å². The van der Waals surface area contributed by atoms with Crippen LogP contribution in [-0.2, 0) is 4.79 Å². The summed E-state index contributed by atoms with van der Waals surface area (Å²) in [6.45, 7) is 1.72. The van der Waals surface area contributed by atoms with E-state index in [9.17, 15) is 4.79 Å². The zero-order chi connectivity index (χ0) is 9.68. The van der Waals surface area contributed by atoms with Crippen LogP contribution in [0.1, 0.15) is 25.7 Å². The molecule has 4 nitrogen and oxygen atoms in total. The molecule has 73 valence electrons. The summed E-state index contributed by atoms with van der Waals surface area (Å²) in [5, 5.41) is 7.23. The van der Waals surface area contributed by atoms with E-state index in [1.807, 2.05) is 11.2 Å². The summed E-state index contributed by atoms with van der Waals surface area (Å²) in [6, 6.07) is 0. The summed E-state index contributed by atoms with van der Waals surface area (Å²) in [5.41, 5.74) is 5.36. The van der Waals surface area contributed by atoms with Gasteiger partial charge >= 0.3 is 0 Å². The molecule has 0 aromatic rings. The fourth-order valence-corrected chi connectivity index (χ4v) is 1.73. The molecule has 0 atom stereocenters. The van der Waals surface area contributed by atoms with E-state index >= 15 is 0 Å². The lowest BCUT2D eigenvalue weighted by Gasteiger charge is -2.31. The maximum atomic E-state index is 10.0. The standard InChI is InChI=1S/C9H16N3O/c10-9(11)12-5-3-8(4-6-12)2-1-7-13/h8H,1-6H2,(H3,10,11). The first-order valence-electron chi connectivity index (χ1n) is 4.68. The maximum Gasteiger partial charge on any atom is 0.198 e. The lowest BCUT2D eigenvalue weighted by atomic mass is 9.93. The summed E-state index contributed by atoms with van der Waals surface area (Å²) >= 11 is 0. The van der Waals surface area contributed by atoms with Crippen LogP contribution in [0.15, 0.2) is 0 Å². The summed E-state index contributed by atoms with van der Waals surface area (Å²) in [5.74, 6) is 0.789. The summed E-state index contributed by atoms with van der Waals surface area (Å²) in [4.78, 5) is 11.9. The zero-order valence-electron chi connectivity index (χ0n) is 7.75. The van der Waals surface area contributed by atoms with Crippen molar-refractivity contribution in [1.29, 1.82) is 5.41 Å². The van der Waals surface area contributed by atoms with Gasteiger partial charge in [-0.05, 0) is 25.2 Å². The van der Waals surface area contributed by atoms with Crippen LogP contribution in [0.2, 0.25) is 0 Å². The third-order valence-corrected chi connectivity index (χ3v) is 2.61. The Kier molecular flexibility index (Phi) is 3.73. The molecule has 0 unspecified atom stereocenters. The van der Waals surface area contributed by atoms with Crippen LogP contribution in [-0.4, -0.2) is 30.2 Å². The van der Waals surface area contributed by atoms with Gasteiger partial charge in [0.05, 0.1) is 0 Å². The lowest BCUT2D eigenvalue weighted by molar-refractivity contribution is 0.255. The molecule has 1 heterocycles. The molecule has 0 amide bonds. The molecule has 0 aliphatic carbocycles. The molecule has 0 saturated carbocycles. The quantitative estimate of drug-likeness (QED) is 0.492. The Bertz CT molecular complexity index is 185. The van der Waals surface area contributed by atoms with E-state index in [1.165, 1.54) is 0 Å². The van der Waals surface area contributed by atoms with E-state index in [4.69, 9.17) is 11.1 Å². The van der Waals surface area contributed by atoms with Crippen LogP contribution < -0.4 is 5.73 Å². The van der Waals surface area contributed by atoms with Gasteiger partial charge in [0.25, 0.3) is 0 Å². The first-order chi connectivity index (χ1) is 6.24. The second kappa shape index (κ2) is 4.84. The number of nitrogens with two attached hydrogens (primary N) is 1. The van der Waals surface area contributed by atoms with Gasteiger partial charge in [-0.2, -0.15) is 0 Å². The Balaban J connectivity index is 2.22. The molecule has 4 heteroatoms. The summed E-state index contributed by atoms with van der Waals surface area (Å²) in [6.07, 6.45) is 5.49. The number of nitrogens with zero attached hydrogens (tertiary/aromatic N) is 1. The van der Waals surface area contributed by atoms with Gasteiger partial charge in [0.1, 0.15) is 0 Å². The van der Waals surface area contributed by atoms with Gasteiger partial charge in [-0.15, -0.1) is 0 Å². The molecule has 0 aromatic carbocycles. The second-order valence-electron chi connectivity index (χ2n) is 3.50. The van der Waals surface area contributed by atoms with Crippen molar-refractivity contribution in [1.82, 2.24) is 4.90 Å². The fraction of sp³-hybridized carbons (Fsp3) is 0.778. The zero-order valence-corrected chi connectivity index (χ0v) is 7.75. The van der Waals surface area contributed by atoms with E-state index in [0.29, 0.717) is 12.3 Å². The van der Waals surface area contributed by atoms with Crippen molar-refractivity contribution < 1.29 is 4.79 Å². The maximum absolute atomic E-state index is 10.0. The first-order valence-corrected chi connectivity index (χ1v) is 4.68. The molecule has 0 aromatic heterocycles. The number of piperidine rings is 1. The Hall–Kier alpha value is -1.06. The molecule has 1 fully saturated rings. The molecule has 1 aliphatic heterocycles. The summed E-state index contributed by atoms with van der Waals surface area (Å²) < 4.78 is 0. The van der Waals surface area contributed by atoms with Gasteiger partial charge in [-0.25, -0.2) is 0 Å². The lowest BCUT2D eigenvalue weighted by Crippen LogP contribution is -2.42. The predicted molar refractivity (Wildman–Crippen MR) is 51.1 cm³/mol. The van der Waals surface area contributed by atoms with Gasteiger partial charge in [0, 0.05) is 19.5 Å². The molecule has 1 rings (SSSR count). The average molecular weight is 182 g/mol. The van der Waals surface area contributed by atoms with Crippen LogP contribution in [0, 0.1) is 11.3 Å². The highest BCUT2D eigenvalue weighted by atomic mass is 16.1.